The first-order valence-corrected chi connectivity index (χ1v) is 8.27. The zero-order valence-corrected chi connectivity index (χ0v) is 14.7. The van der Waals surface area contributed by atoms with Gasteiger partial charge >= 0.3 is 0 Å². The first-order valence-electron chi connectivity index (χ1n) is 8.27. The van der Waals surface area contributed by atoms with Crippen LogP contribution < -0.4 is 4.90 Å². The number of pyridine rings is 1. The van der Waals surface area contributed by atoms with E-state index in [0.29, 0.717) is 11.4 Å². The number of Topliss-reactive ketones (excluding diaryl/α,β-unsaturated/α-hetero) is 1. The summed E-state index contributed by atoms with van der Waals surface area (Å²) in [6.07, 6.45) is 1.68. The number of benzene rings is 1. The molecule has 0 spiro atoms. The second-order valence-corrected chi connectivity index (χ2v) is 7.12. The van der Waals surface area contributed by atoms with Crippen molar-refractivity contribution in [3.8, 4) is 0 Å². The maximum atomic E-state index is 12.5. The van der Waals surface area contributed by atoms with E-state index in [0.717, 1.165) is 11.3 Å². The average molecular weight is 335 g/mol. The maximum Gasteiger partial charge on any atom is 0.265 e. The van der Waals surface area contributed by atoms with Crippen molar-refractivity contribution < 1.29 is 9.59 Å². The van der Waals surface area contributed by atoms with E-state index in [-0.39, 0.29) is 24.8 Å². The smallest absolute Gasteiger partial charge is 0.265 e. The first-order chi connectivity index (χ1) is 11.9. The summed E-state index contributed by atoms with van der Waals surface area (Å²) in [5, 5.41) is 0. The van der Waals surface area contributed by atoms with Crippen molar-refractivity contribution >= 4 is 23.1 Å². The lowest BCUT2D eigenvalue weighted by Crippen LogP contribution is -2.38. The number of carbonyl (C=O) groups excluding carboxylic acids is 2. The summed E-state index contributed by atoms with van der Waals surface area (Å²) in [6, 6.07) is 13.2. The molecule has 1 aliphatic rings. The largest absolute Gasteiger partial charge is 0.354 e. The Labute approximate surface area is 147 Å². The van der Waals surface area contributed by atoms with Gasteiger partial charge in [0, 0.05) is 22.9 Å². The van der Waals surface area contributed by atoms with Crippen LogP contribution in [-0.4, -0.2) is 35.5 Å². The van der Waals surface area contributed by atoms with Gasteiger partial charge in [0.25, 0.3) is 5.91 Å². The lowest BCUT2D eigenvalue weighted by Gasteiger charge is -2.27. The Morgan fingerprint density at radius 3 is 2.52 bits per heavy atom. The molecule has 1 amide bonds. The van der Waals surface area contributed by atoms with Gasteiger partial charge in [-0.3, -0.25) is 14.6 Å². The fourth-order valence-corrected chi connectivity index (χ4v) is 2.67. The van der Waals surface area contributed by atoms with Crippen molar-refractivity contribution in [3.63, 3.8) is 0 Å². The molecule has 3 rings (SSSR count). The van der Waals surface area contributed by atoms with Gasteiger partial charge in [-0.1, -0.05) is 45.0 Å². The molecule has 1 aromatic heterocycles. The molecule has 0 bridgehead atoms. The summed E-state index contributed by atoms with van der Waals surface area (Å²) in [5.74, 6) is -0.199. The van der Waals surface area contributed by atoms with Gasteiger partial charge in [0.15, 0.2) is 5.78 Å². The van der Waals surface area contributed by atoms with Gasteiger partial charge in [0.05, 0.1) is 18.8 Å². The van der Waals surface area contributed by atoms with Gasteiger partial charge in [-0.25, -0.2) is 4.99 Å². The molecule has 0 saturated heterocycles. The van der Waals surface area contributed by atoms with E-state index in [9.17, 15) is 9.59 Å². The Kier molecular flexibility index (Phi) is 4.49. The van der Waals surface area contributed by atoms with Crippen molar-refractivity contribution in [3.05, 3.63) is 59.9 Å². The zero-order chi connectivity index (χ0) is 18.0. The minimum atomic E-state index is -0.463. The van der Waals surface area contributed by atoms with Crippen LogP contribution in [0.5, 0.6) is 0 Å². The molecule has 0 N–H and O–H groups in total. The Bertz CT molecular complexity index is 836. The minimum absolute atomic E-state index is 0.0785. The lowest BCUT2D eigenvalue weighted by atomic mass is 9.90. The molecule has 1 aliphatic heterocycles. The van der Waals surface area contributed by atoms with Crippen LogP contribution in [0.2, 0.25) is 0 Å². The average Bonchev–Trinajstić information content (AvgIpc) is 2.72. The second kappa shape index (κ2) is 6.59. The molecule has 0 saturated carbocycles. The highest BCUT2D eigenvalue weighted by Gasteiger charge is 2.28. The van der Waals surface area contributed by atoms with Crippen LogP contribution in [0.15, 0.2) is 53.7 Å². The predicted octanol–water partition coefficient (Wildman–Crippen LogP) is 2.88. The number of amides is 1. The number of para-hydroxylation sites is 1. The first kappa shape index (κ1) is 17.0. The number of benzodiazepines with no additional fused rings is 1. The third kappa shape index (κ3) is 3.65. The molecular formula is C20H21N3O2. The summed E-state index contributed by atoms with van der Waals surface area (Å²) >= 11 is 0. The number of hydrogen-bond acceptors (Lipinski definition) is 4. The fourth-order valence-electron chi connectivity index (χ4n) is 2.67. The number of carbonyl (C=O) groups is 2. The number of rotatable bonds is 3. The molecular weight excluding hydrogens is 314 g/mol. The third-order valence-electron chi connectivity index (χ3n) is 4.14. The number of ketones is 1. The number of nitrogens with zero attached hydrogens (tertiary/aromatic N) is 3. The summed E-state index contributed by atoms with van der Waals surface area (Å²) in [4.78, 5) is 35.3. The summed E-state index contributed by atoms with van der Waals surface area (Å²) in [7, 11) is 0. The highest BCUT2D eigenvalue weighted by molar-refractivity contribution is 6.20. The maximum absolute atomic E-state index is 12.5. The highest BCUT2D eigenvalue weighted by Crippen LogP contribution is 2.27. The Balaban J connectivity index is 2.06. The summed E-state index contributed by atoms with van der Waals surface area (Å²) < 4.78 is 0. The van der Waals surface area contributed by atoms with Crippen molar-refractivity contribution in [2.45, 2.75) is 20.8 Å². The molecule has 25 heavy (non-hydrogen) atoms. The van der Waals surface area contributed by atoms with Crippen LogP contribution in [0, 0.1) is 5.41 Å². The molecule has 0 unspecified atom stereocenters. The van der Waals surface area contributed by atoms with Gasteiger partial charge in [0.2, 0.25) is 0 Å². The van der Waals surface area contributed by atoms with Gasteiger partial charge in [-0.05, 0) is 18.2 Å². The molecule has 0 atom stereocenters. The molecule has 5 nitrogen and oxygen atoms in total. The quantitative estimate of drug-likeness (QED) is 0.865. The van der Waals surface area contributed by atoms with Crippen LogP contribution in [0.3, 0.4) is 0 Å². The topological polar surface area (TPSA) is 62.6 Å². The van der Waals surface area contributed by atoms with E-state index < -0.39 is 5.41 Å². The van der Waals surface area contributed by atoms with E-state index in [4.69, 9.17) is 0 Å². The second-order valence-electron chi connectivity index (χ2n) is 7.12. The normalized spacial score (nSPS) is 14.6. The number of fused-ring (bicyclic) bond motifs is 1. The van der Waals surface area contributed by atoms with Crippen molar-refractivity contribution in [2.75, 3.05) is 18.0 Å². The monoisotopic (exact) mass is 335 g/mol. The zero-order valence-electron chi connectivity index (χ0n) is 14.7. The van der Waals surface area contributed by atoms with Crippen LogP contribution in [0.1, 0.15) is 32.0 Å². The minimum Gasteiger partial charge on any atom is -0.354 e. The molecule has 0 aliphatic carbocycles. The number of aromatic nitrogens is 1. The molecule has 1 aromatic carbocycles. The van der Waals surface area contributed by atoms with Crippen LogP contribution in [0.4, 0.5) is 5.69 Å². The van der Waals surface area contributed by atoms with Crippen molar-refractivity contribution in [2.24, 2.45) is 10.4 Å². The van der Waals surface area contributed by atoms with Crippen LogP contribution >= 0.6 is 0 Å². The molecule has 2 aromatic rings. The third-order valence-corrected chi connectivity index (χ3v) is 4.14. The summed E-state index contributed by atoms with van der Waals surface area (Å²) in [5.41, 5.74) is 2.37. The van der Waals surface area contributed by atoms with Gasteiger partial charge in [0.1, 0.15) is 5.71 Å². The summed E-state index contributed by atoms with van der Waals surface area (Å²) in [6.45, 7) is 5.91. The highest BCUT2D eigenvalue weighted by atomic mass is 16.2. The number of hydrogen-bond donors (Lipinski definition) is 0. The molecule has 0 radical (unpaired) electrons. The van der Waals surface area contributed by atoms with E-state index in [1.165, 1.54) is 0 Å². The fraction of sp³-hybridized carbons (Fsp3) is 0.300. The van der Waals surface area contributed by atoms with Crippen LogP contribution in [-0.2, 0) is 9.59 Å². The SMILES string of the molecule is CC(C)(C)C(=O)CN1CC(=O)N=C(c2ccccn2)c2ccccc21. The Morgan fingerprint density at radius 2 is 1.84 bits per heavy atom. The molecule has 0 fully saturated rings. The number of anilines is 1. The Morgan fingerprint density at radius 1 is 1.12 bits per heavy atom. The van der Waals surface area contributed by atoms with Crippen molar-refractivity contribution in [1.82, 2.24) is 4.98 Å². The molecule has 128 valence electrons. The number of aliphatic imine (C=N–C) groups is 1. The van der Waals surface area contributed by atoms with Gasteiger partial charge in [-0.15, -0.1) is 0 Å². The van der Waals surface area contributed by atoms with Crippen LogP contribution in [0.25, 0.3) is 0 Å². The standard InChI is InChI=1S/C20H21N3O2/c1-20(2,3)17(24)12-23-13-18(25)22-19(15-9-6-7-11-21-15)14-8-4-5-10-16(14)23/h4-11H,12-13H2,1-3H3. The molecule has 2 heterocycles. The predicted molar refractivity (Wildman–Crippen MR) is 98.0 cm³/mol. The van der Waals surface area contributed by atoms with E-state index >= 15 is 0 Å². The van der Waals surface area contributed by atoms with Gasteiger partial charge in [-0.2, -0.15) is 0 Å². The van der Waals surface area contributed by atoms with Crippen molar-refractivity contribution in [1.29, 1.82) is 0 Å². The molecule has 5 heteroatoms. The van der Waals surface area contributed by atoms with E-state index in [1.807, 2.05) is 68.1 Å². The Hall–Kier alpha value is -2.82. The van der Waals surface area contributed by atoms with Gasteiger partial charge < -0.3 is 4.90 Å². The lowest BCUT2D eigenvalue weighted by molar-refractivity contribution is -0.124. The van der Waals surface area contributed by atoms with E-state index in [2.05, 4.69) is 9.98 Å². The van der Waals surface area contributed by atoms with E-state index in [1.54, 1.807) is 6.20 Å².